The number of ether oxygens (including phenoxy) is 2. The standard InChI is InChI=1S/C21H20FN3O5S/c1-29-17-9-10-19(20(12-17)30-2)24-21(26)14-25(16-7-5-15(22)6-8-16)31(27,28)18-4-3-11-23-13-18/h3-13H,14H2,1-2H3,(H,24,26). The van der Waals surface area contributed by atoms with Crippen molar-refractivity contribution in [3.63, 3.8) is 0 Å². The van der Waals surface area contributed by atoms with E-state index in [4.69, 9.17) is 9.47 Å². The number of nitrogens with one attached hydrogen (secondary N) is 1. The van der Waals surface area contributed by atoms with E-state index in [-0.39, 0.29) is 10.6 Å². The van der Waals surface area contributed by atoms with Crippen LogP contribution in [0.2, 0.25) is 0 Å². The van der Waals surface area contributed by atoms with Gasteiger partial charge < -0.3 is 14.8 Å². The number of hydrogen-bond acceptors (Lipinski definition) is 6. The van der Waals surface area contributed by atoms with E-state index in [1.54, 1.807) is 18.2 Å². The third kappa shape index (κ3) is 5.10. The van der Waals surface area contributed by atoms with Gasteiger partial charge in [0.15, 0.2) is 0 Å². The highest BCUT2D eigenvalue weighted by atomic mass is 32.2. The molecule has 1 heterocycles. The van der Waals surface area contributed by atoms with Crippen LogP contribution in [0.15, 0.2) is 71.9 Å². The Morgan fingerprint density at radius 1 is 1.10 bits per heavy atom. The fraction of sp³-hybridized carbons (Fsp3) is 0.143. The summed E-state index contributed by atoms with van der Waals surface area (Å²) in [6.07, 6.45) is 2.61. The van der Waals surface area contributed by atoms with Gasteiger partial charge in [-0.15, -0.1) is 0 Å². The number of aromatic nitrogens is 1. The van der Waals surface area contributed by atoms with Gasteiger partial charge in [0.2, 0.25) is 5.91 Å². The Morgan fingerprint density at radius 2 is 1.84 bits per heavy atom. The summed E-state index contributed by atoms with van der Waals surface area (Å²) in [6, 6.07) is 12.4. The van der Waals surface area contributed by atoms with Crippen molar-refractivity contribution < 1.29 is 27.1 Å². The number of carbonyl (C=O) groups excluding carboxylic acids is 1. The van der Waals surface area contributed by atoms with Crippen LogP contribution in [0.4, 0.5) is 15.8 Å². The normalized spacial score (nSPS) is 10.9. The van der Waals surface area contributed by atoms with Gasteiger partial charge in [-0.1, -0.05) is 0 Å². The Balaban J connectivity index is 1.92. The van der Waals surface area contributed by atoms with Crippen molar-refractivity contribution in [3.8, 4) is 11.5 Å². The molecule has 3 aromatic rings. The molecule has 3 rings (SSSR count). The molecule has 2 aromatic carbocycles. The fourth-order valence-electron chi connectivity index (χ4n) is 2.77. The Morgan fingerprint density at radius 3 is 2.45 bits per heavy atom. The highest BCUT2D eigenvalue weighted by molar-refractivity contribution is 7.92. The lowest BCUT2D eigenvalue weighted by Gasteiger charge is -2.24. The van der Waals surface area contributed by atoms with Crippen LogP contribution < -0.4 is 19.1 Å². The SMILES string of the molecule is COc1ccc(NC(=O)CN(c2ccc(F)cc2)S(=O)(=O)c2cccnc2)c(OC)c1. The molecule has 0 spiro atoms. The zero-order valence-electron chi connectivity index (χ0n) is 16.8. The van der Waals surface area contributed by atoms with Crippen molar-refractivity contribution in [2.24, 2.45) is 0 Å². The maximum atomic E-state index is 13.4. The molecule has 1 N–H and O–H groups in total. The van der Waals surface area contributed by atoms with Gasteiger partial charge >= 0.3 is 0 Å². The van der Waals surface area contributed by atoms with E-state index in [9.17, 15) is 17.6 Å². The first-order chi connectivity index (χ1) is 14.8. The van der Waals surface area contributed by atoms with Crippen LogP contribution in [-0.4, -0.2) is 40.1 Å². The molecule has 1 amide bonds. The van der Waals surface area contributed by atoms with Crippen molar-refractivity contribution >= 4 is 27.3 Å². The Hall–Kier alpha value is -3.66. The zero-order valence-corrected chi connectivity index (χ0v) is 17.6. The van der Waals surface area contributed by atoms with Gasteiger partial charge in [0, 0.05) is 18.5 Å². The number of methoxy groups -OCH3 is 2. The van der Waals surface area contributed by atoms with E-state index in [1.807, 2.05) is 0 Å². The van der Waals surface area contributed by atoms with E-state index >= 15 is 0 Å². The van der Waals surface area contributed by atoms with Gasteiger partial charge in [-0.05, 0) is 48.5 Å². The Kier molecular flexibility index (Phi) is 6.71. The van der Waals surface area contributed by atoms with Gasteiger partial charge in [-0.2, -0.15) is 0 Å². The summed E-state index contributed by atoms with van der Waals surface area (Å²) in [6.45, 7) is -0.557. The van der Waals surface area contributed by atoms with Crippen LogP contribution in [0.25, 0.3) is 0 Å². The van der Waals surface area contributed by atoms with Gasteiger partial charge in [-0.25, -0.2) is 12.8 Å². The third-order valence-corrected chi connectivity index (χ3v) is 6.06. The summed E-state index contributed by atoms with van der Waals surface area (Å²) in [5.74, 6) is -0.284. The number of rotatable bonds is 8. The molecule has 10 heteroatoms. The molecular formula is C21H20FN3O5S. The number of nitrogens with zero attached hydrogens (tertiary/aromatic N) is 2. The minimum atomic E-state index is -4.14. The fourth-order valence-corrected chi connectivity index (χ4v) is 4.16. The molecule has 0 aliphatic rings. The number of anilines is 2. The van der Waals surface area contributed by atoms with Gasteiger partial charge in [0.05, 0.1) is 25.6 Å². The molecule has 0 aliphatic heterocycles. The quantitative estimate of drug-likeness (QED) is 0.572. The van der Waals surface area contributed by atoms with Crippen molar-refractivity contribution in [1.82, 2.24) is 4.98 Å². The average molecular weight is 445 g/mol. The lowest BCUT2D eigenvalue weighted by molar-refractivity contribution is -0.114. The summed E-state index contributed by atoms with van der Waals surface area (Å²) >= 11 is 0. The van der Waals surface area contributed by atoms with Crippen molar-refractivity contribution in [1.29, 1.82) is 0 Å². The molecule has 162 valence electrons. The molecule has 0 bridgehead atoms. The lowest BCUT2D eigenvalue weighted by atomic mass is 10.2. The highest BCUT2D eigenvalue weighted by Gasteiger charge is 2.27. The van der Waals surface area contributed by atoms with Crippen LogP contribution in [-0.2, 0) is 14.8 Å². The van der Waals surface area contributed by atoms with Gasteiger partial charge in [0.1, 0.15) is 28.8 Å². The van der Waals surface area contributed by atoms with E-state index in [2.05, 4.69) is 10.3 Å². The Bertz CT molecular complexity index is 1160. The zero-order chi connectivity index (χ0) is 22.4. The molecule has 0 fully saturated rings. The first-order valence-corrected chi connectivity index (χ1v) is 10.5. The minimum absolute atomic E-state index is 0.103. The molecular weight excluding hydrogens is 425 g/mol. The average Bonchev–Trinajstić information content (AvgIpc) is 2.79. The molecule has 1 aromatic heterocycles. The van der Waals surface area contributed by atoms with E-state index in [1.165, 1.54) is 50.9 Å². The van der Waals surface area contributed by atoms with Crippen molar-refractivity contribution in [2.45, 2.75) is 4.90 Å². The van der Waals surface area contributed by atoms with Crippen LogP contribution in [0.3, 0.4) is 0 Å². The lowest BCUT2D eigenvalue weighted by Crippen LogP contribution is -2.38. The number of hydrogen-bond donors (Lipinski definition) is 1. The first-order valence-electron chi connectivity index (χ1n) is 9.05. The van der Waals surface area contributed by atoms with Gasteiger partial charge in [0.25, 0.3) is 10.0 Å². The molecule has 0 aliphatic carbocycles. The Labute approximate surface area is 179 Å². The first kappa shape index (κ1) is 22.0. The predicted molar refractivity (Wildman–Crippen MR) is 113 cm³/mol. The monoisotopic (exact) mass is 445 g/mol. The molecule has 8 nitrogen and oxygen atoms in total. The molecule has 0 unspecified atom stereocenters. The molecule has 0 saturated carbocycles. The second kappa shape index (κ2) is 9.43. The topological polar surface area (TPSA) is 97.8 Å². The van der Waals surface area contributed by atoms with E-state index in [0.29, 0.717) is 17.2 Å². The number of amides is 1. The van der Waals surface area contributed by atoms with E-state index < -0.39 is 28.3 Å². The third-order valence-electron chi connectivity index (χ3n) is 4.31. The number of sulfonamides is 1. The summed E-state index contributed by atoms with van der Waals surface area (Å²) < 4.78 is 51.0. The van der Waals surface area contributed by atoms with Gasteiger partial charge in [-0.3, -0.25) is 14.1 Å². The van der Waals surface area contributed by atoms with Crippen LogP contribution >= 0.6 is 0 Å². The number of halogens is 1. The summed E-state index contributed by atoms with van der Waals surface area (Å²) in [5.41, 5.74) is 0.466. The molecule has 31 heavy (non-hydrogen) atoms. The van der Waals surface area contributed by atoms with E-state index in [0.717, 1.165) is 16.4 Å². The second-order valence-corrected chi connectivity index (χ2v) is 8.15. The summed E-state index contributed by atoms with van der Waals surface area (Å²) in [4.78, 5) is 16.5. The second-order valence-electron chi connectivity index (χ2n) is 6.29. The maximum absolute atomic E-state index is 13.4. The highest BCUT2D eigenvalue weighted by Crippen LogP contribution is 2.29. The van der Waals surface area contributed by atoms with Crippen molar-refractivity contribution in [2.75, 3.05) is 30.4 Å². The number of pyridine rings is 1. The summed E-state index contributed by atoms with van der Waals surface area (Å²) in [5, 5.41) is 2.63. The van der Waals surface area contributed by atoms with Crippen LogP contribution in [0, 0.1) is 5.82 Å². The maximum Gasteiger partial charge on any atom is 0.266 e. The largest absolute Gasteiger partial charge is 0.497 e. The summed E-state index contributed by atoms with van der Waals surface area (Å²) in [7, 11) is -1.21. The smallest absolute Gasteiger partial charge is 0.266 e. The molecule has 0 atom stereocenters. The molecule has 0 saturated heterocycles. The number of carbonyl (C=O) groups is 1. The predicted octanol–water partition coefficient (Wildman–Crippen LogP) is 3.07. The molecule has 0 radical (unpaired) electrons. The number of benzene rings is 2. The minimum Gasteiger partial charge on any atom is -0.497 e. The van der Waals surface area contributed by atoms with Crippen molar-refractivity contribution in [3.05, 3.63) is 72.8 Å². The van der Waals surface area contributed by atoms with Crippen LogP contribution in [0.5, 0.6) is 11.5 Å². The van der Waals surface area contributed by atoms with Crippen LogP contribution in [0.1, 0.15) is 0 Å².